The van der Waals surface area contributed by atoms with E-state index in [4.69, 9.17) is 13.6 Å². The molecular formula is C15H21NO3. The van der Waals surface area contributed by atoms with Crippen LogP contribution in [0.15, 0.2) is 33.3 Å². The van der Waals surface area contributed by atoms with Crippen LogP contribution in [-0.4, -0.2) is 6.54 Å². The summed E-state index contributed by atoms with van der Waals surface area (Å²) in [6, 6.07) is 5.81. The summed E-state index contributed by atoms with van der Waals surface area (Å²) in [7, 11) is 0. The van der Waals surface area contributed by atoms with Gasteiger partial charge in [-0.1, -0.05) is 6.92 Å². The fourth-order valence-electron chi connectivity index (χ4n) is 1.88. The molecule has 0 saturated heterocycles. The van der Waals surface area contributed by atoms with Crippen LogP contribution in [0.1, 0.15) is 36.2 Å². The minimum Gasteiger partial charge on any atom is -0.467 e. The Labute approximate surface area is 113 Å². The number of hydrogen-bond acceptors (Lipinski definition) is 4. The highest BCUT2D eigenvalue weighted by atomic mass is 16.5. The Morgan fingerprint density at radius 1 is 1.26 bits per heavy atom. The molecule has 0 radical (unpaired) electrons. The van der Waals surface area contributed by atoms with Crippen LogP contribution in [-0.2, 0) is 24.5 Å². The number of hydrogen-bond donors (Lipinski definition) is 1. The van der Waals surface area contributed by atoms with Gasteiger partial charge in [0.15, 0.2) is 0 Å². The molecule has 0 aliphatic rings. The summed E-state index contributed by atoms with van der Waals surface area (Å²) < 4.78 is 16.4. The molecule has 0 unspecified atom stereocenters. The van der Waals surface area contributed by atoms with Gasteiger partial charge in [0, 0.05) is 12.1 Å². The molecule has 0 bridgehead atoms. The first kappa shape index (κ1) is 13.9. The zero-order chi connectivity index (χ0) is 13.5. The standard InChI is InChI=1S/C15H21NO3/c1-3-6-16-9-13-8-15(19-12(13)2)11-17-10-14-5-4-7-18-14/h4-5,7-8,16H,3,6,9-11H2,1-2H3. The van der Waals surface area contributed by atoms with E-state index in [0.717, 1.165) is 36.8 Å². The molecule has 0 atom stereocenters. The molecule has 0 amide bonds. The third-order valence-electron chi connectivity index (χ3n) is 2.88. The largest absolute Gasteiger partial charge is 0.467 e. The summed E-state index contributed by atoms with van der Waals surface area (Å²) in [5, 5.41) is 3.37. The number of nitrogens with one attached hydrogen (secondary N) is 1. The average molecular weight is 263 g/mol. The van der Waals surface area contributed by atoms with Crippen molar-refractivity contribution in [2.24, 2.45) is 0 Å². The fraction of sp³-hybridized carbons (Fsp3) is 0.467. The molecule has 0 spiro atoms. The second-order valence-corrected chi connectivity index (χ2v) is 4.54. The molecule has 2 aromatic heterocycles. The lowest BCUT2D eigenvalue weighted by Crippen LogP contribution is -2.13. The molecule has 0 aliphatic heterocycles. The Morgan fingerprint density at radius 2 is 2.11 bits per heavy atom. The Hall–Kier alpha value is -1.52. The van der Waals surface area contributed by atoms with E-state index >= 15 is 0 Å². The average Bonchev–Trinajstić information content (AvgIpc) is 3.01. The summed E-state index contributed by atoms with van der Waals surface area (Å²) in [6.07, 6.45) is 2.78. The van der Waals surface area contributed by atoms with Crippen LogP contribution in [0.25, 0.3) is 0 Å². The topological polar surface area (TPSA) is 47.5 Å². The second-order valence-electron chi connectivity index (χ2n) is 4.54. The lowest BCUT2D eigenvalue weighted by molar-refractivity contribution is 0.0798. The van der Waals surface area contributed by atoms with Gasteiger partial charge in [-0.3, -0.25) is 0 Å². The maximum Gasteiger partial charge on any atom is 0.130 e. The lowest BCUT2D eigenvalue weighted by Gasteiger charge is -1.99. The van der Waals surface area contributed by atoms with Crippen molar-refractivity contribution in [1.29, 1.82) is 0 Å². The van der Waals surface area contributed by atoms with Gasteiger partial charge in [-0.25, -0.2) is 0 Å². The summed E-state index contributed by atoms with van der Waals surface area (Å²) in [4.78, 5) is 0. The Bertz CT molecular complexity index is 474. The van der Waals surface area contributed by atoms with Crippen LogP contribution in [0.4, 0.5) is 0 Å². The van der Waals surface area contributed by atoms with Crippen LogP contribution in [0.5, 0.6) is 0 Å². The van der Waals surface area contributed by atoms with Crippen LogP contribution >= 0.6 is 0 Å². The van der Waals surface area contributed by atoms with E-state index in [1.165, 1.54) is 5.56 Å². The Morgan fingerprint density at radius 3 is 2.84 bits per heavy atom. The highest BCUT2D eigenvalue weighted by molar-refractivity contribution is 5.20. The fourth-order valence-corrected chi connectivity index (χ4v) is 1.88. The van der Waals surface area contributed by atoms with Gasteiger partial charge in [-0.15, -0.1) is 0 Å². The summed E-state index contributed by atoms with van der Waals surface area (Å²) in [5.41, 5.74) is 1.20. The quantitative estimate of drug-likeness (QED) is 0.741. The lowest BCUT2D eigenvalue weighted by atomic mass is 10.2. The molecule has 2 rings (SSSR count). The number of ether oxygens (including phenoxy) is 1. The first-order valence-corrected chi connectivity index (χ1v) is 6.68. The first-order chi connectivity index (χ1) is 9.29. The van der Waals surface area contributed by atoms with Crippen molar-refractivity contribution in [2.75, 3.05) is 6.54 Å². The van der Waals surface area contributed by atoms with Crippen LogP contribution in [0, 0.1) is 6.92 Å². The highest BCUT2D eigenvalue weighted by Gasteiger charge is 2.07. The number of aryl methyl sites for hydroxylation is 1. The predicted molar refractivity (Wildman–Crippen MR) is 72.6 cm³/mol. The monoisotopic (exact) mass is 263 g/mol. The predicted octanol–water partition coefficient (Wildman–Crippen LogP) is 3.40. The third-order valence-corrected chi connectivity index (χ3v) is 2.88. The molecule has 2 heterocycles. The zero-order valence-electron chi connectivity index (χ0n) is 11.6. The summed E-state index contributed by atoms with van der Waals surface area (Å²) in [5.74, 6) is 2.64. The van der Waals surface area contributed by atoms with Crippen molar-refractivity contribution in [3.8, 4) is 0 Å². The normalized spacial score (nSPS) is 11.1. The van der Waals surface area contributed by atoms with Crippen molar-refractivity contribution < 1.29 is 13.6 Å². The van der Waals surface area contributed by atoms with Gasteiger partial charge in [0.1, 0.15) is 30.5 Å². The van der Waals surface area contributed by atoms with Crippen molar-refractivity contribution in [3.63, 3.8) is 0 Å². The maximum absolute atomic E-state index is 5.67. The molecule has 0 aliphatic carbocycles. The van der Waals surface area contributed by atoms with Crippen LogP contribution in [0.3, 0.4) is 0 Å². The summed E-state index contributed by atoms with van der Waals surface area (Å²) >= 11 is 0. The highest BCUT2D eigenvalue weighted by Crippen LogP contribution is 2.16. The molecule has 4 nitrogen and oxygen atoms in total. The smallest absolute Gasteiger partial charge is 0.130 e. The van der Waals surface area contributed by atoms with E-state index in [1.807, 2.05) is 19.1 Å². The summed E-state index contributed by atoms with van der Waals surface area (Å²) in [6.45, 7) is 6.95. The zero-order valence-corrected chi connectivity index (χ0v) is 11.6. The van der Waals surface area contributed by atoms with Crippen LogP contribution in [0.2, 0.25) is 0 Å². The Balaban J connectivity index is 1.78. The third kappa shape index (κ3) is 4.26. The second kappa shape index (κ2) is 7.16. The van der Waals surface area contributed by atoms with E-state index in [0.29, 0.717) is 13.2 Å². The molecule has 4 heteroatoms. The van der Waals surface area contributed by atoms with Gasteiger partial charge < -0.3 is 18.9 Å². The van der Waals surface area contributed by atoms with Crippen molar-refractivity contribution in [3.05, 3.63) is 47.3 Å². The molecule has 0 aromatic carbocycles. The molecule has 1 N–H and O–H groups in total. The molecule has 19 heavy (non-hydrogen) atoms. The Kier molecular flexibility index (Phi) is 5.24. The van der Waals surface area contributed by atoms with Crippen molar-refractivity contribution >= 4 is 0 Å². The van der Waals surface area contributed by atoms with Gasteiger partial charge in [-0.2, -0.15) is 0 Å². The molecule has 0 fully saturated rings. The number of rotatable bonds is 8. The first-order valence-electron chi connectivity index (χ1n) is 6.68. The van der Waals surface area contributed by atoms with Crippen molar-refractivity contribution in [1.82, 2.24) is 5.32 Å². The number of furan rings is 2. The van der Waals surface area contributed by atoms with E-state index in [9.17, 15) is 0 Å². The SMILES string of the molecule is CCCNCc1cc(COCc2ccco2)oc1C. The van der Waals surface area contributed by atoms with Gasteiger partial charge in [0.2, 0.25) is 0 Å². The maximum atomic E-state index is 5.67. The van der Waals surface area contributed by atoms with Gasteiger partial charge in [0.25, 0.3) is 0 Å². The minimum absolute atomic E-state index is 0.468. The van der Waals surface area contributed by atoms with E-state index in [2.05, 4.69) is 18.3 Å². The molecule has 2 aromatic rings. The van der Waals surface area contributed by atoms with Gasteiger partial charge in [-0.05, 0) is 38.1 Å². The van der Waals surface area contributed by atoms with Gasteiger partial charge in [0.05, 0.1) is 6.26 Å². The van der Waals surface area contributed by atoms with E-state index in [1.54, 1.807) is 6.26 Å². The molecule has 104 valence electrons. The van der Waals surface area contributed by atoms with Crippen molar-refractivity contribution in [2.45, 2.75) is 40.0 Å². The van der Waals surface area contributed by atoms with Crippen LogP contribution < -0.4 is 5.32 Å². The molecule has 0 saturated carbocycles. The van der Waals surface area contributed by atoms with Gasteiger partial charge >= 0.3 is 0 Å². The van der Waals surface area contributed by atoms with E-state index < -0.39 is 0 Å². The van der Waals surface area contributed by atoms with E-state index in [-0.39, 0.29) is 0 Å². The molecular weight excluding hydrogens is 242 g/mol. The minimum atomic E-state index is 0.468.